The van der Waals surface area contributed by atoms with E-state index in [-0.39, 0.29) is 6.07 Å². The molecule has 0 saturated carbocycles. The normalized spacial score (nSPS) is 11.0. The summed E-state index contributed by atoms with van der Waals surface area (Å²) in [6.07, 6.45) is -5.43. The number of nitro groups is 1. The molecule has 0 saturated heterocycles. The van der Waals surface area contributed by atoms with Gasteiger partial charge in [0.25, 0.3) is 5.69 Å². The first-order chi connectivity index (χ1) is 10.0. The van der Waals surface area contributed by atoms with Gasteiger partial charge in [-0.15, -0.1) is 0 Å². The third kappa shape index (κ3) is 3.21. The number of alkyl halides is 3. The number of nitrogens with one attached hydrogen (secondary N) is 1. The van der Waals surface area contributed by atoms with E-state index in [9.17, 15) is 37.3 Å². The number of carboxylic acids is 1. The SMILES string of the molecule is COc1c(C(=O)O)cc([N+](=O)[O-])c(NC(=O)C(F)(F)F)c1F. The van der Waals surface area contributed by atoms with Crippen LogP contribution in [0.2, 0.25) is 0 Å². The van der Waals surface area contributed by atoms with Crippen molar-refractivity contribution in [1.29, 1.82) is 0 Å². The van der Waals surface area contributed by atoms with Crippen molar-refractivity contribution in [1.82, 2.24) is 0 Å². The zero-order valence-corrected chi connectivity index (χ0v) is 10.5. The number of carbonyl (C=O) groups is 2. The zero-order valence-electron chi connectivity index (χ0n) is 10.5. The number of halogens is 4. The number of hydrogen-bond acceptors (Lipinski definition) is 5. The van der Waals surface area contributed by atoms with Gasteiger partial charge in [0.2, 0.25) is 0 Å². The van der Waals surface area contributed by atoms with Crippen LogP contribution in [-0.2, 0) is 4.79 Å². The fraction of sp³-hybridized carbons (Fsp3) is 0.200. The Morgan fingerprint density at radius 2 is 1.95 bits per heavy atom. The molecule has 0 spiro atoms. The molecule has 1 aromatic carbocycles. The lowest BCUT2D eigenvalue weighted by Gasteiger charge is -2.13. The van der Waals surface area contributed by atoms with E-state index in [0.29, 0.717) is 0 Å². The summed E-state index contributed by atoms with van der Waals surface area (Å²) in [5, 5.41) is 20.5. The summed E-state index contributed by atoms with van der Waals surface area (Å²) in [6, 6.07) is 0.274. The number of amides is 1. The number of methoxy groups -OCH3 is 1. The van der Waals surface area contributed by atoms with Crippen molar-refractivity contribution in [3.63, 3.8) is 0 Å². The molecule has 120 valence electrons. The standard InChI is InChI=1S/C10H6F4N2O6/c1-22-7-3(8(17)18)2-4(16(20)21)6(5(7)11)15-9(19)10(12,13)14/h2H,1H3,(H,15,19)(H,17,18). The summed E-state index contributed by atoms with van der Waals surface area (Å²) in [5.74, 6) is -7.35. The summed E-state index contributed by atoms with van der Waals surface area (Å²) < 4.78 is 54.8. The van der Waals surface area contributed by atoms with Crippen molar-refractivity contribution < 1.29 is 41.9 Å². The number of carbonyl (C=O) groups excluding carboxylic acids is 1. The Balaban J connectivity index is 3.59. The highest BCUT2D eigenvalue weighted by Gasteiger charge is 2.41. The molecule has 12 heteroatoms. The number of ether oxygens (including phenoxy) is 1. The molecule has 0 bridgehead atoms. The lowest BCUT2D eigenvalue weighted by atomic mass is 10.1. The van der Waals surface area contributed by atoms with Crippen molar-refractivity contribution in [2.45, 2.75) is 6.18 Å². The number of carboxylic acid groups (broad SMARTS) is 1. The molecule has 8 nitrogen and oxygen atoms in total. The van der Waals surface area contributed by atoms with Crippen LogP contribution in [0, 0.1) is 15.9 Å². The van der Waals surface area contributed by atoms with Crippen LogP contribution in [0.3, 0.4) is 0 Å². The second-order valence-electron chi connectivity index (χ2n) is 3.68. The van der Waals surface area contributed by atoms with Crippen molar-refractivity contribution in [2.24, 2.45) is 0 Å². The second kappa shape index (κ2) is 5.83. The minimum Gasteiger partial charge on any atom is -0.493 e. The maximum atomic E-state index is 14.0. The first kappa shape index (κ1) is 17.1. The van der Waals surface area contributed by atoms with Gasteiger partial charge in [0.05, 0.1) is 12.0 Å². The lowest BCUT2D eigenvalue weighted by molar-refractivity contribution is -0.384. The van der Waals surface area contributed by atoms with Gasteiger partial charge in [-0.05, 0) is 0 Å². The number of nitrogens with zero attached hydrogens (tertiary/aromatic N) is 1. The minimum atomic E-state index is -5.43. The van der Waals surface area contributed by atoms with E-state index < -0.39 is 51.5 Å². The van der Waals surface area contributed by atoms with Gasteiger partial charge in [-0.1, -0.05) is 0 Å². The van der Waals surface area contributed by atoms with Crippen molar-refractivity contribution >= 4 is 23.3 Å². The largest absolute Gasteiger partial charge is 0.493 e. The highest BCUT2D eigenvalue weighted by molar-refractivity contribution is 5.99. The fourth-order valence-corrected chi connectivity index (χ4v) is 1.42. The Morgan fingerprint density at radius 3 is 2.32 bits per heavy atom. The topological polar surface area (TPSA) is 119 Å². The first-order valence-electron chi connectivity index (χ1n) is 5.17. The quantitative estimate of drug-likeness (QED) is 0.496. The number of benzene rings is 1. The average molecular weight is 326 g/mol. The van der Waals surface area contributed by atoms with Crippen molar-refractivity contribution in [3.05, 3.63) is 27.6 Å². The van der Waals surface area contributed by atoms with Gasteiger partial charge in [-0.25, -0.2) is 9.18 Å². The first-order valence-corrected chi connectivity index (χ1v) is 5.17. The molecular weight excluding hydrogens is 320 g/mol. The van der Waals surface area contributed by atoms with E-state index in [0.717, 1.165) is 12.4 Å². The molecule has 0 aliphatic rings. The van der Waals surface area contributed by atoms with Gasteiger partial charge in [0.15, 0.2) is 17.3 Å². The maximum Gasteiger partial charge on any atom is 0.471 e. The Morgan fingerprint density at radius 1 is 1.41 bits per heavy atom. The number of anilines is 1. The van der Waals surface area contributed by atoms with Crippen LogP contribution in [0.25, 0.3) is 0 Å². The van der Waals surface area contributed by atoms with Gasteiger partial charge >= 0.3 is 18.1 Å². The van der Waals surface area contributed by atoms with Crippen LogP contribution >= 0.6 is 0 Å². The number of aromatic carboxylic acids is 1. The van der Waals surface area contributed by atoms with E-state index >= 15 is 0 Å². The molecule has 0 aliphatic heterocycles. The van der Waals surface area contributed by atoms with Crippen molar-refractivity contribution in [2.75, 3.05) is 12.4 Å². The molecule has 1 amide bonds. The van der Waals surface area contributed by atoms with Crippen molar-refractivity contribution in [3.8, 4) is 5.75 Å². The fourth-order valence-electron chi connectivity index (χ4n) is 1.42. The molecule has 0 aliphatic carbocycles. The van der Waals surface area contributed by atoms with E-state index in [1.807, 2.05) is 0 Å². The summed E-state index contributed by atoms with van der Waals surface area (Å²) in [4.78, 5) is 31.1. The Labute approximate surface area is 118 Å². The molecule has 0 fully saturated rings. The highest BCUT2D eigenvalue weighted by Crippen LogP contribution is 2.37. The third-order valence-corrected chi connectivity index (χ3v) is 2.33. The summed E-state index contributed by atoms with van der Waals surface area (Å²) >= 11 is 0. The Bertz CT molecular complexity index is 658. The van der Waals surface area contributed by atoms with E-state index in [4.69, 9.17) is 5.11 Å². The van der Waals surface area contributed by atoms with Gasteiger partial charge in [0.1, 0.15) is 5.56 Å². The number of nitro benzene ring substituents is 1. The minimum absolute atomic E-state index is 0.274. The summed E-state index contributed by atoms with van der Waals surface area (Å²) in [5.41, 5.74) is -3.81. The molecule has 0 atom stereocenters. The predicted molar refractivity (Wildman–Crippen MR) is 61.3 cm³/mol. The summed E-state index contributed by atoms with van der Waals surface area (Å²) in [7, 11) is 0.798. The van der Waals surface area contributed by atoms with Crippen LogP contribution in [0.4, 0.5) is 28.9 Å². The maximum absolute atomic E-state index is 14.0. The molecule has 22 heavy (non-hydrogen) atoms. The monoisotopic (exact) mass is 326 g/mol. The van der Waals surface area contributed by atoms with Crippen LogP contribution in [0.15, 0.2) is 6.07 Å². The van der Waals surface area contributed by atoms with Gasteiger partial charge in [-0.2, -0.15) is 13.2 Å². The number of rotatable bonds is 4. The van der Waals surface area contributed by atoms with Crippen LogP contribution in [0.1, 0.15) is 10.4 Å². The van der Waals surface area contributed by atoms with Gasteiger partial charge in [0, 0.05) is 6.07 Å². The van der Waals surface area contributed by atoms with Crippen LogP contribution in [-0.4, -0.2) is 35.2 Å². The average Bonchev–Trinajstić information content (AvgIpc) is 2.38. The smallest absolute Gasteiger partial charge is 0.471 e. The summed E-state index contributed by atoms with van der Waals surface area (Å²) in [6.45, 7) is 0. The predicted octanol–water partition coefficient (Wildman–Crippen LogP) is 1.94. The Hall–Kier alpha value is -2.92. The lowest BCUT2D eigenvalue weighted by Crippen LogP contribution is -2.30. The van der Waals surface area contributed by atoms with Crippen LogP contribution < -0.4 is 10.1 Å². The molecule has 2 N–H and O–H groups in total. The third-order valence-electron chi connectivity index (χ3n) is 2.33. The molecule has 1 aromatic rings. The molecule has 0 heterocycles. The van der Waals surface area contributed by atoms with Gasteiger partial charge < -0.3 is 15.2 Å². The Kier molecular flexibility index (Phi) is 4.54. The molecular formula is C10H6F4N2O6. The van der Waals surface area contributed by atoms with E-state index in [2.05, 4.69) is 4.74 Å². The highest BCUT2D eigenvalue weighted by atomic mass is 19.4. The number of hydrogen-bond donors (Lipinski definition) is 2. The zero-order chi connectivity index (χ0) is 17.2. The molecule has 0 radical (unpaired) electrons. The van der Waals surface area contributed by atoms with Crippen LogP contribution in [0.5, 0.6) is 5.75 Å². The second-order valence-corrected chi connectivity index (χ2v) is 3.68. The molecule has 0 unspecified atom stereocenters. The van der Waals surface area contributed by atoms with E-state index in [1.165, 1.54) is 0 Å². The van der Waals surface area contributed by atoms with E-state index in [1.54, 1.807) is 0 Å². The van der Waals surface area contributed by atoms with Gasteiger partial charge in [-0.3, -0.25) is 14.9 Å². The molecule has 0 aromatic heterocycles. The molecule has 1 rings (SSSR count).